The summed E-state index contributed by atoms with van der Waals surface area (Å²) in [7, 11) is 0. The molecule has 0 saturated carbocycles. The smallest absolute Gasteiger partial charge is 0.0975 e. The fourth-order valence-corrected chi connectivity index (χ4v) is 6.00. The SMILES string of the molecule is Cc1cc(-c2ccccc2)nc2c1ccc1ccc(-c3ccc(-c4cc(-c5ccccc5)cc(-c5ccccc5)n4)cc3)nc12. The van der Waals surface area contributed by atoms with E-state index in [0.29, 0.717) is 0 Å². The van der Waals surface area contributed by atoms with Crippen molar-refractivity contribution in [1.29, 1.82) is 0 Å². The first-order chi connectivity index (χ1) is 22.2. The molecule has 0 aliphatic rings. The van der Waals surface area contributed by atoms with Crippen LogP contribution >= 0.6 is 0 Å². The highest BCUT2D eigenvalue weighted by Crippen LogP contribution is 2.33. The molecule has 0 radical (unpaired) electrons. The number of fused-ring (bicyclic) bond motifs is 3. The summed E-state index contributed by atoms with van der Waals surface area (Å²) in [4.78, 5) is 15.4. The van der Waals surface area contributed by atoms with E-state index in [0.717, 1.165) is 72.4 Å². The third-order valence-corrected chi connectivity index (χ3v) is 8.39. The summed E-state index contributed by atoms with van der Waals surface area (Å²) in [5.74, 6) is 0. The molecule has 5 aromatic carbocycles. The van der Waals surface area contributed by atoms with Gasteiger partial charge in [-0.3, -0.25) is 0 Å². The highest BCUT2D eigenvalue weighted by molar-refractivity contribution is 6.05. The lowest BCUT2D eigenvalue weighted by atomic mass is 9.99. The van der Waals surface area contributed by atoms with Crippen LogP contribution in [-0.4, -0.2) is 15.0 Å². The molecule has 0 bridgehead atoms. The van der Waals surface area contributed by atoms with Crippen LogP contribution in [0.1, 0.15) is 5.56 Å². The molecule has 0 amide bonds. The number of hydrogen-bond donors (Lipinski definition) is 0. The lowest BCUT2D eigenvalue weighted by Crippen LogP contribution is -1.93. The largest absolute Gasteiger partial charge is 0.248 e. The molecule has 3 aromatic heterocycles. The maximum absolute atomic E-state index is 5.18. The Bertz CT molecular complexity index is 2240. The van der Waals surface area contributed by atoms with Gasteiger partial charge in [-0.2, -0.15) is 0 Å². The van der Waals surface area contributed by atoms with Crippen LogP contribution in [0.3, 0.4) is 0 Å². The maximum atomic E-state index is 5.18. The highest BCUT2D eigenvalue weighted by atomic mass is 14.8. The molecule has 3 heteroatoms. The molecule has 0 aliphatic carbocycles. The minimum atomic E-state index is 0.916. The van der Waals surface area contributed by atoms with Gasteiger partial charge in [0.15, 0.2) is 0 Å². The summed E-state index contributed by atoms with van der Waals surface area (Å²) in [5, 5.41) is 2.20. The van der Waals surface area contributed by atoms with E-state index in [-0.39, 0.29) is 0 Å². The first kappa shape index (κ1) is 26.7. The zero-order valence-corrected chi connectivity index (χ0v) is 24.9. The Morgan fingerprint density at radius 1 is 0.333 bits per heavy atom. The molecule has 0 spiro atoms. The second-order valence-corrected chi connectivity index (χ2v) is 11.4. The van der Waals surface area contributed by atoms with Crippen LogP contribution in [0.25, 0.3) is 78.0 Å². The summed E-state index contributed by atoms with van der Waals surface area (Å²) in [5.41, 5.74) is 13.4. The van der Waals surface area contributed by atoms with Crippen LogP contribution in [0.5, 0.6) is 0 Å². The second-order valence-electron chi connectivity index (χ2n) is 11.4. The fourth-order valence-electron chi connectivity index (χ4n) is 6.00. The van der Waals surface area contributed by atoms with Crippen molar-refractivity contribution in [3.63, 3.8) is 0 Å². The highest BCUT2D eigenvalue weighted by Gasteiger charge is 2.13. The Morgan fingerprint density at radius 2 is 0.800 bits per heavy atom. The summed E-state index contributed by atoms with van der Waals surface area (Å²) < 4.78 is 0. The molecule has 0 aliphatic heterocycles. The zero-order chi connectivity index (χ0) is 30.2. The Kier molecular flexibility index (Phi) is 6.69. The van der Waals surface area contributed by atoms with Crippen LogP contribution < -0.4 is 0 Å². The van der Waals surface area contributed by atoms with Gasteiger partial charge in [0.05, 0.1) is 33.8 Å². The number of nitrogens with zero attached hydrogens (tertiary/aromatic N) is 3. The van der Waals surface area contributed by atoms with Gasteiger partial charge in [0.2, 0.25) is 0 Å². The summed E-state index contributed by atoms with van der Waals surface area (Å²) in [6.07, 6.45) is 0. The molecule has 3 heterocycles. The van der Waals surface area contributed by atoms with E-state index < -0.39 is 0 Å². The molecular weight excluding hydrogens is 546 g/mol. The molecule has 0 N–H and O–H groups in total. The van der Waals surface area contributed by atoms with E-state index in [4.69, 9.17) is 15.0 Å². The average molecular weight is 576 g/mol. The predicted octanol–water partition coefficient (Wildman–Crippen LogP) is 10.8. The summed E-state index contributed by atoms with van der Waals surface area (Å²) in [6, 6.07) is 54.8. The van der Waals surface area contributed by atoms with Crippen LogP contribution in [0.4, 0.5) is 0 Å². The Labute approximate surface area is 262 Å². The predicted molar refractivity (Wildman–Crippen MR) is 187 cm³/mol. The summed E-state index contributed by atoms with van der Waals surface area (Å²) >= 11 is 0. The maximum Gasteiger partial charge on any atom is 0.0975 e. The van der Waals surface area contributed by atoms with Gasteiger partial charge in [-0.15, -0.1) is 0 Å². The van der Waals surface area contributed by atoms with Crippen LogP contribution in [0, 0.1) is 6.92 Å². The van der Waals surface area contributed by atoms with Crippen molar-refractivity contribution in [2.75, 3.05) is 0 Å². The number of aryl methyl sites for hydroxylation is 1. The molecular formula is C42H29N3. The number of pyridine rings is 3. The topological polar surface area (TPSA) is 38.7 Å². The third kappa shape index (κ3) is 5.15. The fraction of sp³-hybridized carbons (Fsp3) is 0.0238. The van der Waals surface area contributed by atoms with Gasteiger partial charge >= 0.3 is 0 Å². The van der Waals surface area contributed by atoms with Crippen molar-refractivity contribution in [3.05, 3.63) is 163 Å². The van der Waals surface area contributed by atoms with E-state index in [1.165, 1.54) is 11.1 Å². The molecule has 0 fully saturated rings. The lowest BCUT2D eigenvalue weighted by Gasteiger charge is -2.12. The Hall–Kier alpha value is -5.93. The Balaban J connectivity index is 1.20. The van der Waals surface area contributed by atoms with Gasteiger partial charge in [-0.05, 0) is 47.9 Å². The van der Waals surface area contributed by atoms with Crippen molar-refractivity contribution < 1.29 is 0 Å². The van der Waals surface area contributed by atoms with E-state index in [1.54, 1.807) is 0 Å². The quantitative estimate of drug-likeness (QED) is 0.192. The normalized spacial score (nSPS) is 11.2. The first-order valence-corrected chi connectivity index (χ1v) is 15.2. The van der Waals surface area contributed by atoms with Crippen molar-refractivity contribution >= 4 is 21.8 Å². The van der Waals surface area contributed by atoms with Gasteiger partial charge < -0.3 is 0 Å². The van der Waals surface area contributed by atoms with Crippen molar-refractivity contribution in [2.45, 2.75) is 6.92 Å². The van der Waals surface area contributed by atoms with Crippen molar-refractivity contribution in [2.24, 2.45) is 0 Å². The van der Waals surface area contributed by atoms with Crippen LogP contribution in [0.15, 0.2) is 158 Å². The minimum Gasteiger partial charge on any atom is -0.248 e. The van der Waals surface area contributed by atoms with Crippen molar-refractivity contribution in [1.82, 2.24) is 15.0 Å². The Morgan fingerprint density at radius 3 is 1.40 bits per heavy atom. The molecule has 8 aromatic rings. The van der Waals surface area contributed by atoms with E-state index in [1.807, 2.05) is 18.2 Å². The van der Waals surface area contributed by atoms with E-state index in [9.17, 15) is 0 Å². The standard InChI is InChI=1S/C42H29N3/c1-28-25-38(30-13-7-3-8-14-30)45-42-36(28)23-21-34-22-24-37(44-41(34)42)32-17-19-33(20-18-32)40-27-35(29-11-5-2-6-12-29)26-39(43-40)31-15-9-4-10-16-31/h2-27H,1H3. The molecule has 8 rings (SSSR count). The van der Waals surface area contributed by atoms with E-state index >= 15 is 0 Å². The molecule has 45 heavy (non-hydrogen) atoms. The number of aromatic nitrogens is 3. The average Bonchev–Trinajstić information content (AvgIpc) is 3.12. The minimum absolute atomic E-state index is 0.916. The molecule has 3 nitrogen and oxygen atoms in total. The van der Waals surface area contributed by atoms with Crippen molar-refractivity contribution in [3.8, 4) is 56.2 Å². The van der Waals surface area contributed by atoms with Gasteiger partial charge in [-0.1, -0.05) is 133 Å². The first-order valence-electron chi connectivity index (χ1n) is 15.2. The summed E-state index contributed by atoms with van der Waals surface area (Å²) in [6.45, 7) is 2.15. The second kappa shape index (κ2) is 11.3. The molecule has 0 atom stereocenters. The lowest BCUT2D eigenvalue weighted by molar-refractivity contribution is 1.32. The van der Waals surface area contributed by atoms with Gasteiger partial charge in [0.1, 0.15) is 0 Å². The zero-order valence-electron chi connectivity index (χ0n) is 24.9. The van der Waals surface area contributed by atoms with Gasteiger partial charge in [0, 0.05) is 33.0 Å². The molecule has 0 saturated heterocycles. The number of benzene rings is 5. The van der Waals surface area contributed by atoms with Crippen LogP contribution in [-0.2, 0) is 0 Å². The molecule has 0 unspecified atom stereocenters. The van der Waals surface area contributed by atoms with Crippen LogP contribution in [0.2, 0.25) is 0 Å². The monoisotopic (exact) mass is 575 g/mol. The van der Waals surface area contributed by atoms with Gasteiger partial charge in [-0.25, -0.2) is 15.0 Å². The molecule has 212 valence electrons. The number of hydrogen-bond acceptors (Lipinski definition) is 3. The van der Waals surface area contributed by atoms with Gasteiger partial charge in [0.25, 0.3) is 0 Å². The third-order valence-electron chi connectivity index (χ3n) is 8.39. The number of rotatable bonds is 5. The van der Waals surface area contributed by atoms with E-state index in [2.05, 4.69) is 146 Å².